The van der Waals surface area contributed by atoms with Crippen LogP contribution >= 0.6 is 0 Å². The van der Waals surface area contributed by atoms with Crippen molar-refractivity contribution in [2.45, 2.75) is 25.2 Å². The van der Waals surface area contributed by atoms with Gasteiger partial charge in [0.2, 0.25) is 0 Å². The highest BCUT2D eigenvalue weighted by Gasteiger charge is 2.15. The Morgan fingerprint density at radius 3 is 2.93 bits per heavy atom. The van der Waals surface area contributed by atoms with Gasteiger partial charge in [-0.15, -0.1) is 0 Å². The van der Waals surface area contributed by atoms with Crippen LogP contribution in [0.2, 0.25) is 0 Å². The highest BCUT2D eigenvalue weighted by Crippen LogP contribution is 2.26. The second kappa shape index (κ2) is 5.24. The number of rotatable bonds is 3. The Hall–Kier alpha value is -0.930. The summed E-state index contributed by atoms with van der Waals surface area (Å²) in [5.41, 5.74) is 8.04. The predicted molar refractivity (Wildman–Crippen MR) is 59.8 cm³/mol. The molecule has 0 bridgehead atoms. The number of nitrogens with zero attached hydrogens (tertiary/aromatic N) is 1. The van der Waals surface area contributed by atoms with E-state index in [1.807, 2.05) is 6.20 Å². The molecule has 1 aromatic rings. The molecule has 0 aliphatic carbocycles. The fourth-order valence-corrected chi connectivity index (χ4v) is 2.07. The third-order valence-corrected chi connectivity index (χ3v) is 2.93. The van der Waals surface area contributed by atoms with Crippen LogP contribution in [0, 0.1) is 0 Å². The Labute approximate surface area is 90.7 Å². The molecule has 0 radical (unpaired) electrons. The SMILES string of the molecule is NCCc1cc(C2CCOCC2)ccn1. The van der Waals surface area contributed by atoms with E-state index in [9.17, 15) is 0 Å². The van der Waals surface area contributed by atoms with Crippen LogP contribution in [0.25, 0.3) is 0 Å². The van der Waals surface area contributed by atoms with E-state index in [1.165, 1.54) is 5.56 Å². The molecule has 0 spiro atoms. The fraction of sp³-hybridized carbons (Fsp3) is 0.583. The normalized spacial score (nSPS) is 17.9. The smallest absolute Gasteiger partial charge is 0.0471 e. The first-order chi connectivity index (χ1) is 7.40. The lowest BCUT2D eigenvalue weighted by atomic mass is 9.92. The number of pyridine rings is 1. The molecule has 1 fully saturated rings. The summed E-state index contributed by atoms with van der Waals surface area (Å²) < 4.78 is 5.36. The van der Waals surface area contributed by atoms with Crippen LogP contribution < -0.4 is 5.73 Å². The number of nitrogens with two attached hydrogens (primary N) is 1. The fourth-order valence-electron chi connectivity index (χ4n) is 2.07. The molecule has 82 valence electrons. The van der Waals surface area contributed by atoms with Gasteiger partial charge in [-0.1, -0.05) is 0 Å². The number of aromatic nitrogens is 1. The average molecular weight is 206 g/mol. The summed E-state index contributed by atoms with van der Waals surface area (Å²) in [6, 6.07) is 4.32. The molecule has 1 aromatic heterocycles. The highest BCUT2D eigenvalue weighted by molar-refractivity contribution is 5.21. The van der Waals surface area contributed by atoms with Crippen LogP contribution in [0.15, 0.2) is 18.3 Å². The van der Waals surface area contributed by atoms with Crippen molar-refractivity contribution >= 4 is 0 Å². The van der Waals surface area contributed by atoms with Crippen LogP contribution in [0.4, 0.5) is 0 Å². The summed E-state index contributed by atoms with van der Waals surface area (Å²) >= 11 is 0. The third kappa shape index (κ3) is 2.76. The van der Waals surface area contributed by atoms with Crippen molar-refractivity contribution in [1.82, 2.24) is 4.98 Å². The predicted octanol–water partition coefficient (Wildman–Crippen LogP) is 1.48. The van der Waals surface area contributed by atoms with Gasteiger partial charge in [0, 0.05) is 31.5 Å². The average Bonchev–Trinajstić information content (AvgIpc) is 2.31. The molecule has 1 saturated heterocycles. The Balaban J connectivity index is 2.09. The van der Waals surface area contributed by atoms with Gasteiger partial charge < -0.3 is 10.5 Å². The van der Waals surface area contributed by atoms with E-state index in [1.54, 1.807) is 0 Å². The number of ether oxygens (including phenoxy) is 1. The summed E-state index contributed by atoms with van der Waals surface area (Å²) in [7, 11) is 0. The zero-order valence-corrected chi connectivity index (χ0v) is 8.98. The van der Waals surface area contributed by atoms with Crippen molar-refractivity contribution in [3.63, 3.8) is 0 Å². The van der Waals surface area contributed by atoms with Crippen molar-refractivity contribution in [2.24, 2.45) is 5.73 Å². The van der Waals surface area contributed by atoms with E-state index in [4.69, 9.17) is 10.5 Å². The molecule has 1 aliphatic rings. The van der Waals surface area contributed by atoms with Crippen LogP contribution in [-0.2, 0) is 11.2 Å². The molecular formula is C12H18N2O. The molecule has 0 atom stereocenters. The van der Waals surface area contributed by atoms with Gasteiger partial charge in [0.1, 0.15) is 0 Å². The van der Waals surface area contributed by atoms with Crippen molar-refractivity contribution in [1.29, 1.82) is 0 Å². The molecule has 0 saturated carbocycles. The summed E-state index contributed by atoms with van der Waals surface area (Å²) in [6.07, 6.45) is 5.03. The third-order valence-electron chi connectivity index (χ3n) is 2.93. The molecule has 15 heavy (non-hydrogen) atoms. The quantitative estimate of drug-likeness (QED) is 0.814. The largest absolute Gasteiger partial charge is 0.381 e. The molecule has 0 amide bonds. The second-order valence-electron chi connectivity index (χ2n) is 4.01. The second-order valence-corrected chi connectivity index (χ2v) is 4.01. The van der Waals surface area contributed by atoms with Crippen molar-refractivity contribution < 1.29 is 4.74 Å². The van der Waals surface area contributed by atoms with E-state index in [-0.39, 0.29) is 0 Å². The Morgan fingerprint density at radius 1 is 1.40 bits per heavy atom. The molecule has 2 rings (SSSR count). The molecule has 1 aliphatic heterocycles. The maximum Gasteiger partial charge on any atom is 0.0471 e. The van der Waals surface area contributed by atoms with E-state index < -0.39 is 0 Å². The molecule has 3 heteroatoms. The van der Waals surface area contributed by atoms with Gasteiger partial charge in [0.15, 0.2) is 0 Å². The summed E-state index contributed by atoms with van der Waals surface area (Å²) in [5, 5.41) is 0. The van der Waals surface area contributed by atoms with Crippen LogP contribution in [0.3, 0.4) is 0 Å². The molecule has 0 aromatic carbocycles. The molecular weight excluding hydrogens is 188 g/mol. The standard InChI is InChI=1S/C12H18N2O/c13-5-1-12-9-11(2-6-14-12)10-3-7-15-8-4-10/h2,6,9-10H,1,3-5,7-8,13H2. The minimum atomic E-state index is 0.651. The van der Waals surface area contributed by atoms with Crippen molar-refractivity contribution in [2.75, 3.05) is 19.8 Å². The lowest BCUT2D eigenvalue weighted by Gasteiger charge is -2.22. The van der Waals surface area contributed by atoms with Gasteiger partial charge >= 0.3 is 0 Å². The minimum absolute atomic E-state index is 0.651. The summed E-state index contributed by atoms with van der Waals surface area (Å²) in [4.78, 5) is 4.31. The van der Waals surface area contributed by atoms with Crippen molar-refractivity contribution in [3.05, 3.63) is 29.6 Å². The van der Waals surface area contributed by atoms with E-state index in [2.05, 4.69) is 17.1 Å². The first-order valence-corrected chi connectivity index (χ1v) is 5.63. The van der Waals surface area contributed by atoms with Gasteiger partial charge in [-0.2, -0.15) is 0 Å². The van der Waals surface area contributed by atoms with E-state index >= 15 is 0 Å². The minimum Gasteiger partial charge on any atom is -0.381 e. The zero-order valence-electron chi connectivity index (χ0n) is 8.98. The van der Waals surface area contributed by atoms with Crippen LogP contribution in [-0.4, -0.2) is 24.7 Å². The topological polar surface area (TPSA) is 48.1 Å². The summed E-state index contributed by atoms with van der Waals surface area (Å²) in [6.45, 7) is 2.45. The Morgan fingerprint density at radius 2 is 2.20 bits per heavy atom. The Bertz CT molecular complexity index is 308. The van der Waals surface area contributed by atoms with Gasteiger partial charge in [0.25, 0.3) is 0 Å². The van der Waals surface area contributed by atoms with Gasteiger partial charge in [0.05, 0.1) is 0 Å². The maximum absolute atomic E-state index is 5.53. The molecule has 3 nitrogen and oxygen atoms in total. The van der Waals surface area contributed by atoms with Crippen LogP contribution in [0.5, 0.6) is 0 Å². The first-order valence-electron chi connectivity index (χ1n) is 5.63. The number of hydrogen-bond donors (Lipinski definition) is 1. The highest BCUT2D eigenvalue weighted by atomic mass is 16.5. The lowest BCUT2D eigenvalue weighted by Crippen LogP contribution is -2.14. The van der Waals surface area contributed by atoms with Gasteiger partial charge in [-0.25, -0.2) is 0 Å². The summed E-state index contributed by atoms with van der Waals surface area (Å²) in [5.74, 6) is 0.651. The Kier molecular flexibility index (Phi) is 3.69. The van der Waals surface area contributed by atoms with Gasteiger partial charge in [-0.05, 0) is 43.0 Å². The first kappa shape index (κ1) is 10.6. The van der Waals surface area contributed by atoms with E-state index in [0.717, 1.165) is 38.2 Å². The maximum atomic E-state index is 5.53. The molecule has 2 heterocycles. The van der Waals surface area contributed by atoms with Crippen LogP contribution in [0.1, 0.15) is 30.0 Å². The molecule has 2 N–H and O–H groups in total. The van der Waals surface area contributed by atoms with E-state index in [0.29, 0.717) is 12.5 Å². The van der Waals surface area contributed by atoms with Crippen molar-refractivity contribution in [3.8, 4) is 0 Å². The number of hydrogen-bond acceptors (Lipinski definition) is 3. The lowest BCUT2D eigenvalue weighted by molar-refractivity contribution is 0.0853. The van der Waals surface area contributed by atoms with Gasteiger partial charge in [-0.3, -0.25) is 4.98 Å². The molecule has 0 unspecified atom stereocenters. The zero-order chi connectivity index (χ0) is 10.5. The monoisotopic (exact) mass is 206 g/mol.